The van der Waals surface area contributed by atoms with Gasteiger partial charge in [-0.1, -0.05) is 6.07 Å². The van der Waals surface area contributed by atoms with Gasteiger partial charge in [0.2, 0.25) is 0 Å². The molecule has 0 radical (unpaired) electrons. The average Bonchev–Trinajstić information content (AvgIpc) is 2.51. The fourth-order valence-electron chi connectivity index (χ4n) is 2.22. The maximum Gasteiger partial charge on any atom is 0.265 e. The second-order valence-corrected chi connectivity index (χ2v) is 5.38. The molecule has 1 heterocycles. The molecule has 23 heavy (non-hydrogen) atoms. The first kappa shape index (κ1) is 15.0. The molecule has 2 aromatic carbocycles. The lowest BCUT2D eigenvalue weighted by Crippen LogP contribution is -2.34. The molecule has 2 amide bonds. The van der Waals surface area contributed by atoms with E-state index in [4.69, 9.17) is 4.74 Å². The lowest BCUT2D eigenvalue weighted by atomic mass is 10.1. The molecular weight excluding hydrogens is 299 g/mol. The van der Waals surface area contributed by atoms with Crippen molar-refractivity contribution in [2.24, 2.45) is 0 Å². The van der Waals surface area contributed by atoms with Gasteiger partial charge in [0.05, 0.1) is 5.69 Å². The number of hydrogen-bond acceptors (Lipinski definition) is 3. The number of fused-ring (bicyclic) bond motifs is 1. The third kappa shape index (κ3) is 3.01. The summed E-state index contributed by atoms with van der Waals surface area (Å²) in [5.74, 6) is -0.573. The Morgan fingerprint density at radius 2 is 2.04 bits per heavy atom. The molecular formula is C17H15FN2O3. The van der Waals surface area contributed by atoms with Crippen molar-refractivity contribution in [3.8, 4) is 5.75 Å². The summed E-state index contributed by atoms with van der Waals surface area (Å²) in [6.45, 7) is 3.28. The van der Waals surface area contributed by atoms with Crippen molar-refractivity contribution in [2.45, 2.75) is 20.0 Å². The molecule has 2 N–H and O–H groups in total. The van der Waals surface area contributed by atoms with Crippen molar-refractivity contribution in [2.75, 3.05) is 10.6 Å². The molecule has 0 unspecified atom stereocenters. The van der Waals surface area contributed by atoms with Crippen LogP contribution in [0.4, 0.5) is 15.8 Å². The van der Waals surface area contributed by atoms with Crippen LogP contribution in [0.1, 0.15) is 22.8 Å². The Morgan fingerprint density at radius 1 is 1.26 bits per heavy atom. The van der Waals surface area contributed by atoms with Crippen LogP contribution in [0.5, 0.6) is 5.75 Å². The van der Waals surface area contributed by atoms with E-state index < -0.39 is 17.8 Å². The summed E-state index contributed by atoms with van der Waals surface area (Å²) in [6, 6.07) is 9.21. The highest BCUT2D eigenvalue weighted by molar-refractivity contribution is 6.05. The van der Waals surface area contributed by atoms with Crippen molar-refractivity contribution in [1.82, 2.24) is 0 Å². The second kappa shape index (κ2) is 5.72. The van der Waals surface area contributed by atoms with E-state index in [1.807, 2.05) is 0 Å². The van der Waals surface area contributed by atoms with Gasteiger partial charge in [-0.05, 0) is 49.7 Å². The van der Waals surface area contributed by atoms with Gasteiger partial charge >= 0.3 is 0 Å². The van der Waals surface area contributed by atoms with E-state index in [2.05, 4.69) is 10.6 Å². The predicted molar refractivity (Wildman–Crippen MR) is 84.3 cm³/mol. The number of nitrogens with one attached hydrogen (secondary N) is 2. The summed E-state index contributed by atoms with van der Waals surface area (Å²) in [7, 11) is 0. The summed E-state index contributed by atoms with van der Waals surface area (Å²) in [5.41, 5.74) is 1.67. The quantitative estimate of drug-likeness (QED) is 0.895. The third-order valence-electron chi connectivity index (χ3n) is 3.60. The molecule has 0 bridgehead atoms. The number of amides is 2. The van der Waals surface area contributed by atoms with Crippen LogP contribution >= 0.6 is 0 Å². The Kier molecular flexibility index (Phi) is 3.73. The highest BCUT2D eigenvalue weighted by atomic mass is 19.1. The van der Waals surface area contributed by atoms with Gasteiger partial charge in [-0.2, -0.15) is 0 Å². The Labute approximate surface area is 132 Å². The van der Waals surface area contributed by atoms with Crippen molar-refractivity contribution in [3.05, 3.63) is 53.3 Å². The monoisotopic (exact) mass is 314 g/mol. The summed E-state index contributed by atoms with van der Waals surface area (Å²) < 4.78 is 19.0. The van der Waals surface area contributed by atoms with Crippen LogP contribution in [0.15, 0.2) is 36.4 Å². The third-order valence-corrected chi connectivity index (χ3v) is 3.60. The van der Waals surface area contributed by atoms with Crippen LogP contribution in [0.25, 0.3) is 0 Å². The Bertz CT molecular complexity index is 804. The predicted octanol–water partition coefficient (Wildman–Crippen LogP) is 3.11. The SMILES string of the molecule is Cc1ccc(C(=O)Nc2ccc3c(c2)NC(=O)[C@@H](C)O3)cc1F. The first-order valence-electron chi connectivity index (χ1n) is 7.13. The van der Waals surface area contributed by atoms with E-state index in [0.717, 1.165) is 0 Å². The molecule has 6 heteroatoms. The van der Waals surface area contributed by atoms with Crippen LogP contribution in [0.2, 0.25) is 0 Å². The minimum absolute atomic E-state index is 0.222. The molecule has 0 saturated carbocycles. The van der Waals surface area contributed by atoms with Crippen LogP contribution in [-0.2, 0) is 4.79 Å². The van der Waals surface area contributed by atoms with Crippen LogP contribution in [0, 0.1) is 12.7 Å². The normalized spacial score (nSPS) is 16.1. The molecule has 1 aliphatic rings. The Morgan fingerprint density at radius 3 is 2.78 bits per heavy atom. The Hall–Kier alpha value is -2.89. The maximum atomic E-state index is 13.5. The summed E-state index contributed by atoms with van der Waals surface area (Å²) in [5, 5.41) is 5.37. The zero-order valence-corrected chi connectivity index (χ0v) is 12.6. The molecule has 0 fully saturated rings. The van der Waals surface area contributed by atoms with E-state index >= 15 is 0 Å². The maximum absolute atomic E-state index is 13.5. The molecule has 0 spiro atoms. The van der Waals surface area contributed by atoms with Gasteiger partial charge in [-0.15, -0.1) is 0 Å². The molecule has 0 saturated heterocycles. The molecule has 0 aliphatic carbocycles. The van der Waals surface area contributed by atoms with E-state index in [1.165, 1.54) is 6.07 Å². The average molecular weight is 314 g/mol. The minimum Gasteiger partial charge on any atom is -0.479 e. The fourth-order valence-corrected chi connectivity index (χ4v) is 2.22. The van der Waals surface area contributed by atoms with Crippen LogP contribution < -0.4 is 15.4 Å². The molecule has 118 valence electrons. The number of carbonyl (C=O) groups is 2. The largest absolute Gasteiger partial charge is 0.479 e. The van der Waals surface area contributed by atoms with Gasteiger partial charge in [-0.3, -0.25) is 9.59 Å². The number of anilines is 2. The summed E-state index contributed by atoms with van der Waals surface area (Å²) in [4.78, 5) is 23.8. The Balaban J connectivity index is 1.80. The lowest BCUT2D eigenvalue weighted by molar-refractivity contribution is -0.122. The summed E-state index contributed by atoms with van der Waals surface area (Å²) in [6.07, 6.45) is -0.557. The molecule has 5 nitrogen and oxygen atoms in total. The molecule has 1 aliphatic heterocycles. The first-order chi connectivity index (χ1) is 10.9. The van der Waals surface area contributed by atoms with Crippen molar-refractivity contribution in [3.63, 3.8) is 0 Å². The highest BCUT2D eigenvalue weighted by Crippen LogP contribution is 2.32. The topological polar surface area (TPSA) is 67.4 Å². The number of hydrogen-bond donors (Lipinski definition) is 2. The molecule has 0 aromatic heterocycles. The fraction of sp³-hybridized carbons (Fsp3) is 0.176. The van der Waals surface area contributed by atoms with E-state index in [0.29, 0.717) is 22.7 Å². The standard InChI is InChI=1S/C17H15FN2O3/c1-9-3-4-11(7-13(9)18)17(22)19-12-5-6-15-14(8-12)20-16(21)10(2)23-15/h3-8,10H,1-2H3,(H,19,22)(H,20,21)/t10-/m1/s1. The van der Waals surface area contributed by atoms with E-state index in [-0.39, 0.29) is 11.5 Å². The minimum atomic E-state index is -0.557. The van der Waals surface area contributed by atoms with E-state index in [1.54, 1.807) is 44.2 Å². The van der Waals surface area contributed by atoms with Crippen LogP contribution in [0.3, 0.4) is 0 Å². The van der Waals surface area contributed by atoms with Crippen molar-refractivity contribution >= 4 is 23.2 Å². The van der Waals surface area contributed by atoms with E-state index in [9.17, 15) is 14.0 Å². The van der Waals surface area contributed by atoms with Crippen LogP contribution in [-0.4, -0.2) is 17.9 Å². The molecule has 3 rings (SSSR count). The smallest absolute Gasteiger partial charge is 0.265 e. The van der Waals surface area contributed by atoms with Gasteiger partial charge in [0, 0.05) is 11.3 Å². The lowest BCUT2D eigenvalue weighted by Gasteiger charge is -2.23. The second-order valence-electron chi connectivity index (χ2n) is 5.38. The number of halogens is 1. The number of rotatable bonds is 2. The van der Waals surface area contributed by atoms with Gasteiger partial charge in [0.15, 0.2) is 6.10 Å². The zero-order valence-electron chi connectivity index (χ0n) is 12.6. The van der Waals surface area contributed by atoms with Gasteiger partial charge in [0.1, 0.15) is 11.6 Å². The number of benzene rings is 2. The van der Waals surface area contributed by atoms with Gasteiger partial charge < -0.3 is 15.4 Å². The molecule has 1 atom stereocenters. The van der Waals surface area contributed by atoms with Gasteiger partial charge in [-0.25, -0.2) is 4.39 Å². The van der Waals surface area contributed by atoms with Gasteiger partial charge in [0.25, 0.3) is 11.8 Å². The highest BCUT2D eigenvalue weighted by Gasteiger charge is 2.23. The number of aryl methyl sites for hydroxylation is 1. The first-order valence-corrected chi connectivity index (χ1v) is 7.13. The van der Waals surface area contributed by atoms with Crippen molar-refractivity contribution < 1.29 is 18.7 Å². The number of ether oxygens (including phenoxy) is 1. The molecule has 2 aromatic rings. The summed E-state index contributed by atoms with van der Waals surface area (Å²) >= 11 is 0. The number of carbonyl (C=O) groups excluding carboxylic acids is 2. The van der Waals surface area contributed by atoms with Crippen molar-refractivity contribution in [1.29, 1.82) is 0 Å². The zero-order chi connectivity index (χ0) is 16.6.